The highest BCUT2D eigenvalue weighted by Gasteiger charge is 2.21. The second-order valence-corrected chi connectivity index (χ2v) is 9.94. The summed E-state index contributed by atoms with van der Waals surface area (Å²) >= 11 is 3.61. The lowest BCUT2D eigenvalue weighted by atomic mass is 10.1. The molecule has 2 heterocycles. The number of hydrogen-bond donors (Lipinski definition) is 1. The number of carbonyl (C=O) groups is 1. The molecule has 1 N–H and O–H groups in total. The quantitative estimate of drug-likeness (QED) is 0.505. The van der Waals surface area contributed by atoms with E-state index in [0.717, 1.165) is 59.6 Å². The van der Waals surface area contributed by atoms with Gasteiger partial charge in [-0.05, 0) is 53.4 Å². The number of carbonyl (C=O) groups excluding carboxylic acids is 1. The second-order valence-electron chi connectivity index (χ2n) is 9.02. The Morgan fingerprint density at radius 3 is 2.66 bits per heavy atom. The Bertz CT molecular complexity index is 1170. The highest BCUT2D eigenvalue weighted by atomic mass is 79.9. The van der Waals surface area contributed by atoms with E-state index in [1.807, 2.05) is 35.2 Å². The van der Waals surface area contributed by atoms with Crippen LogP contribution in [0.2, 0.25) is 0 Å². The molecular weight excluding hydrogens is 506 g/mol. The molecule has 6 nitrogen and oxygen atoms in total. The SMILES string of the molecule is O=C(Cc1ccc2c(c1)OCO2)N1CCN(Cc2ccccc2)CCCNc2ccc(Br)cc2C1. The second kappa shape index (κ2) is 11.1. The monoisotopic (exact) mass is 535 g/mol. The summed E-state index contributed by atoms with van der Waals surface area (Å²) < 4.78 is 11.9. The summed E-state index contributed by atoms with van der Waals surface area (Å²) in [7, 11) is 0. The fourth-order valence-electron chi connectivity index (χ4n) is 4.60. The van der Waals surface area contributed by atoms with Crippen LogP contribution in [0.1, 0.15) is 23.1 Å². The molecule has 1 amide bonds. The minimum absolute atomic E-state index is 0.105. The molecule has 5 rings (SSSR count). The molecule has 0 saturated heterocycles. The van der Waals surface area contributed by atoms with E-state index in [1.54, 1.807) is 0 Å². The summed E-state index contributed by atoms with van der Waals surface area (Å²) in [5.41, 5.74) is 4.43. The van der Waals surface area contributed by atoms with Gasteiger partial charge in [-0.25, -0.2) is 0 Å². The Kier molecular flexibility index (Phi) is 7.54. The van der Waals surface area contributed by atoms with Crippen LogP contribution in [0.25, 0.3) is 0 Å². The number of hydrogen-bond acceptors (Lipinski definition) is 5. The molecule has 0 fully saturated rings. The Labute approximate surface area is 215 Å². The van der Waals surface area contributed by atoms with E-state index >= 15 is 0 Å². The van der Waals surface area contributed by atoms with Crippen LogP contribution in [-0.4, -0.2) is 48.7 Å². The molecule has 0 radical (unpaired) electrons. The Morgan fingerprint density at radius 1 is 0.914 bits per heavy atom. The van der Waals surface area contributed by atoms with Gasteiger partial charge in [0.15, 0.2) is 11.5 Å². The maximum Gasteiger partial charge on any atom is 0.231 e. The van der Waals surface area contributed by atoms with Gasteiger partial charge in [0.1, 0.15) is 0 Å². The number of halogens is 1. The number of ether oxygens (including phenoxy) is 2. The minimum atomic E-state index is 0.105. The molecule has 0 spiro atoms. The zero-order valence-electron chi connectivity index (χ0n) is 19.7. The van der Waals surface area contributed by atoms with Gasteiger partial charge in [0.2, 0.25) is 12.7 Å². The van der Waals surface area contributed by atoms with E-state index in [2.05, 4.69) is 62.5 Å². The van der Waals surface area contributed by atoms with Crippen LogP contribution in [0.4, 0.5) is 5.69 Å². The smallest absolute Gasteiger partial charge is 0.231 e. The van der Waals surface area contributed by atoms with E-state index in [-0.39, 0.29) is 12.7 Å². The first kappa shape index (κ1) is 23.7. The van der Waals surface area contributed by atoms with E-state index in [0.29, 0.717) is 25.3 Å². The van der Waals surface area contributed by atoms with Crippen LogP contribution in [0.3, 0.4) is 0 Å². The molecule has 3 aromatic rings. The predicted molar refractivity (Wildman–Crippen MR) is 141 cm³/mol. The highest BCUT2D eigenvalue weighted by Crippen LogP contribution is 2.33. The standard InChI is InChI=1S/C28H30BrN3O3/c29-24-8-9-25-23(17-24)19-32(28(33)16-22-7-10-26-27(15-22)35-20-34-26)14-13-31(12-4-11-30-25)18-21-5-2-1-3-6-21/h1-3,5-10,15,17,30H,4,11-14,16,18-20H2. The lowest BCUT2D eigenvalue weighted by Crippen LogP contribution is -2.39. The molecule has 182 valence electrons. The van der Waals surface area contributed by atoms with Crippen LogP contribution >= 0.6 is 15.9 Å². The van der Waals surface area contributed by atoms with Crippen molar-refractivity contribution in [3.8, 4) is 11.5 Å². The van der Waals surface area contributed by atoms with Gasteiger partial charge in [0, 0.05) is 49.4 Å². The number of anilines is 1. The summed E-state index contributed by atoms with van der Waals surface area (Å²) in [6.45, 7) is 5.03. The molecule has 0 aliphatic carbocycles. The van der Waals surface area contributed by atoms with Crippen molar-refractivity contribution in [2.75, 3.05) is 38.3 Å². The lowest BCUT2D eigenvalue weighted by Gasteiger charge is -2.28. The van der Waals surface area contributed by atoms with Crippen molar-refractivity contribution in [2.45, 2.75) is 25.9 Å². The first-order valence-electron chi connectivity index (χ1n) is 12.1. The van der Waals surface area contributed by atoms with Crippen molar-refractivity contribution in [1.29, 1.82) is 0 Å². The summed E-state index contributed by atoms with van der Waals surface area (Å²) in [5, 5.41) is 3.59. The third-order valence-corrected chi connectivity index (χ3v) is 6.97. The van der Waals surface area contributed by atoms with Crippen molar-refractivity contribution in [3.63, 3.8) is 0 Å². The third kappa shape index (κ3) is 6.16. The van der Waals surface area contributed by atoms with Crippen LogP contribution in [0, 0.1) is 0 Å². The molecule has 0 unspecified atom stereocenters. The van der Waals surface area contributed by atoms with Crippen molar-refractivity contribution in [2.24, 2.45) is 0 Å². The molecule has 0 bridgehead atoms. The lowest BCUT2D eigenvalue weighted by molar-refractivity contribution is -0.131. The molecule has 7 heteroatoms. The van der Waals surface area contributed by atoms with Crippen LogP contribution in [0.5, 0.6) is 11.5 Å². The highest BCUT2D eigenvalue weighted by molar-refractivity contribution is 9.10. The summed E-state index contributed by atoms with van der Waals surface area (Å²) in [5.74, 6) is 1.55. The number of benzene rings is 3. The van der Waals surface area contributed by atoms with Gasteiger partial charge >= 0.3 is 0 Å². The Balaban J connectivity index is 1.36. The van der Waals surface area contributed by atoms with Gasteiger partial charge < -0.3 is 19.7 Å². The summed E-state index contributed by atoms with van der Waals surface area (Å²) in [6, 6.07) is 22.6. The van der Waals surface area contributed by atoms with Gasteiger partial charge in [0.25, 0.3) is 0 Å². The Morgan fingerprint density at radius 2 is 1.77 bits per heavy atom. The molecule has 35 heavy (non-hydrogen) atoms. The van der Waals surface area contributed by atoms with Crippen molar-refractivity contribution >= 4 is 27.5 Å². The van der Waals surface area contributed by atoms with Gasteiger partial charge in [-0.1, -0.05) is 52.3 Å². The third-order valence-electron chi connectivity index (χ3n) is 6.48. The number of rotatable bonds is 4. The molecule has 2 aliphatic rings. The summed E-state index contributed by atoms with van der Waals surface area (Å²) in [4.78, 5) is 18.0. The number of nitrogens with one attached hydrogen (secondary N) is 1. The first-order chi connectivity index (χ1) is 17.1. The van der Waals surface area contributed by atoms with E-state index in [1.165, 1.54) is 5.56 Å². The zero-order valence-corrected chi connectivity index (χ0v) is 21.3. The van der Waals surface area contributed by atoms with Gasteiger partial charge in [-0.2, -0.15) is 0 Å². The number of fused-ring (bicyclic) bond motifs is 2. The Hall–Kier alpha value is -3.03. The molecule has 3 aromatic carbocycles. The van der Waals surface area contributed by atoms with Crippen molar-refractivity contribution in [3.05, 3.63) is 87.9 Å². The number of amides is 1. The van der Waals surface area contributed by atoms with Gasteiger partial charge in [0.05, 0.1) is 6.42 Å². The minimum Gasteiger partial charge on any atom is -0.454 e. The van der Waals surface area contributed by atoms with Crippen molar-refractivity contribution in [1.82, 2.24) is 9.80 Å². The maximum atomic E-state index is 13.6. The molecule has 0 saturated carbocycles. The van der Waals surface area contributed by atoms with Crippen molar-refractivity contribution < 1.29 is 14.3 Å². The molecule has 0 aromatic heterocycles. The van der Waals surface area contributed by atoms with Gasteiger partial charge in [-0.15, -0.1) is 0 Å². The molecule has 0 atom stereocenters. The van der Waals surface area contributed by atoms with Crippen LogP contribution in [0.15, 0.2) is 71.2 Å². The first-order valence-corrected chi connectivity index (χ1v) is 12.9. The van der Waals surface area contributed by atoms with Gasteiger partial charge in [-0.3, -0.25) is 9.69 Å². The summed E-state index contributed by atoms with van der Waals surface area (Å²) in [6.07, 6.45) is 1.36. The van der Waals surface area contributed by atoms with Crippen LogP contribution < -0.4 is 14.8 Å². The van der Waals surface area contributed by atoms with E-state index in [9.17, 15) is 4.79 Å². The normalized spacial score (nSPS) is 16.2. The maximum absolute atomic E-state index is 13.6. The average molecular weight is 536 g/mol. The zero-order chi connectivity index (χ0) is 24.0. The fraction of sp³-hybridized carbons (Fsp3) is 0.321. The molecular formula is C28H30BrN3O3. The predicted octanol–water partition coefficient (Wildman–Crippen LogP) is 5.07. The number of nitrogens with zero attached hydrogens (tertiary/aromatic N) is 2. The topological polar surface area (TPSA) is 54.0 Å². The average Bonchev–Trinajstić information content (AvgIpc) is 3.32. The largest absolute Gasteiger partial charge is 0.454 e. The van der Waals surface area contributed by atoms with E-state index in [4.69, 9.17) is 9.47 Å². The fourth-order valence-corrected chi connectivity index (χ4v) is 5.01. The van der Waals surface area contributed by atoms with Crippen LogP contribution in [-0.2, 0) is 24.3 Å². The van der Waals surface area contributed by atoms with E-state index < -0.39 is 0 Å². The molecule has 2 aliphatic heterocycles.